The zero-order valence-corrected chi connectivity index (χ0v) is 35.6. The van der Waals surface area contributed by atoms with Crippen LogP contribution in [0.25, 0.3) is 0 Å². The van der Waals surface area contributed by atoms with Crippen LogP contribution in [-0.2, 0) is 37.4 Å². The highest BCUT2D eigenvalue weighted by molar-refractivity contribution is 7.47. The number of carbonyl (C=O) groups is 2. The minimum absolute atomic E-state index is 0.0540. The zero-order chi connectivity index (χ0) is 41.1. The average molecular weight is 811 g/mol. The molecular weight excluding hydrogens is 735 g/mol. The van der Waals surface area contributed by atoms with Gasteiger partial charge in [-0.3, -0.25) is 18.6 Å². The molecular formula is C44H75O11P. The number of epoxide rings is 1. The SMILES string of the molecule is CC/C=C\CC1OC1C/C=C\C/C=C\C/C=C\C/C=C\CCC(=O)O[C@H](COC(=O)CCCCCCCCCCCCC(C)C)COP(=O)(O)OC[C@@H](O)CO. The molecule has 12 heteroatoms. The first-order valence-electron chi connectivity index (χ1n) is 21.2. The maximum absolute atomic E-state index is 12.6. The van der Waals surface area contributed by atoms with Crippen molar-refractivity contribution in [3.05, 3.63) is 60.8 Å². The maximum Gasteiger partial charge on any atom is 0.472 e. The number of hydrogen-bond acceptors (Lipinski definition) is 10. The third-order valence-electron chi connectivity index (χ3n) is 9.03. The summed E-state index contributed by atoms with van der Waals surface area (Å²) in [7, 11) is -4.64. The van der Waals surface area contributed by atoms with Gasteiger partial charge in [-0.15, -0.1) is 0 Å². The number of aliphatic hydroxyl groups is 2. The van der Waals surface area contributed by atoms with E-state index in [-0.39, 0.29) is 19.4 Å². The lowest BCUT2D eigenvalue weighted by Gasteiger charge is -2.20. The second kappa shape index (κ2) is 34.7. The van der Waals surface area contributed by atoms with Gasteiger partial charge in [0, 0.05) is 12.8 Å². The fourth-order valence-electron chi connectivity index (χ4n) is 5.66. The Morgan fingerprint density at radius 1 is 0.679 bits per heavy atom. The van der Waals surface area contributed by atoms with E-state index in [1.165, 1.54) is 44.9 Å². The molecule has 0 aliphatic carbocycles. The lowest BCUT2D eigenvalue weighted by Crippen LogP contribution is -2.29. The van der Waals surface area contributed by atoms with Gasteiger partial charge < -0.3 is 29.3 Å². The van der Waals surface area contributed by atoms with Crippen LogP contribution < -0.4 is 0 Å². The summed E-state index contributed by atoms with van der Waals surface area (Å²) in [6.07, 6.45) is 38.2. The number of unbranched alkanes of at least 4 members (excludes halogenated alkanes) is 9. The standard InChI is InChI=1S/C44H75O11P/c1-4-5-24-30-41-42(55-41)31-26-21-17-13-8-6-7-9-15-19-23-28-33-44(48)54-40(37-53-56(49,50)52-35-39(46)34-45)36-51-43(47)32-27-22-18-14-11-10-12-16-20-25-29-38(2)3/h5,7-9,13,19,21,23-24,26,38-42,45-46H,4,6,10-12,14-18,20,22,25,27-37H2,1-3H3,(H,49,50)/b9-7-,13-8-,23-19-,24-5-,26-21-/t39-,40+,41?,42?/m0/s1. The van der Waals surface area contributed by atoms with Gasteiger partial charge in [0.15, 0.2) is 6.10 Å². The van der Waals surface area contributed by atoms with E-state index in [0.717, 1.165) is 63.7 Å². The Balaban J connectivity index is 2.31. The number of ether oxygens (including phenoxy) is 3. The quantitative estimate of drug-likeness (QED) is 0.0180. The lowest BCUT2D eigenvalue weighted by atomic mass is 10.0. The van der Waals surface area contributed by atoms with Gasteiger partial charge in [-0.25, -0.2) is 4.57 Å². The first kappa shape index (κ1) is 51.6. The van der Waals surface area contributed by atoms with Gasteiger partial charge in [0.2, 0.25) is 0 Å². The van der Waals surface area contributed by atoms with Crippen LogP contribution in [-0.4, -0.2) is 77.9 Å². The van der Waals surface area contributed by atoms with Gasteiger partial charge in [-0.1, -0.05) is 146 Å². The predicted octanol–water partition coefficient (Wildman–Crippen LogP) is 9.95. The zero-order valence-electron chi connectivity index (χ0n) is 34.7. The van der Waals surface area contributed by atoms with Crippen molar-refractivity contribution in [1.29, 1.82) is 0 Å². The number of aliphatic hydroxyl groups excluding tert-OH is 2. The molecule has 0 bridgehead atoms. The second-order valence-electron chi connectivity index (χ2n) is 14.9. The first-order valence-corrected chi connectivity index (χ1v) is 22.7. The fourth-order valence-corrected chi connectivity index (χ4v) is 6.45. The highest BCUT2D eigenvalue weighted by Gasteiger charge is 2.36. The highest BCUT2D eigenvalue weighted by atomic mass is 31.2. The summed E-state index contributed by atoms with van der Waals surface area (Å²) in [6.45, 7) is 4.46. The summed E-state index contributed by atoms with van der Waals surface area (Å²) < 4.78 is 38.3. The molecule has 0 aromatic rings. The van der Waals surface area contributed by atoms with E-state index < -0.39 is 51.8 Å². The summed E-state index contributed by atoms with van der Waals surface area (Å²) in [5, 5.41) is 18.3. The summed E-state index contributed by atoms with van der Waals surface area (Å²) >= 11 is 0. The Labute approximate surface area is 338 Å². The normalized spacial score (nSPS) is 18.2. The van der Waals surface area contributed by atoms with Crippen molar-refractivity contribution in [2.75, 3.05) is 26.4 Å². The topological polar surface area (TPSA) is 161 Å². The minimum Gasteiger partial charge on any atom is -0.462 e. The number of allylic oxidation sites excluding steroid dienone is 8. The highest BCUT2D eigenvalue weighted by Crippen LogP contribution is 2.43. The van der Waals surface area contributed by atoms with Crippen LogP contribution in [0.1, 0.15) is 149 Å². The van der Waals surface area contributed by atoms with Gasteiger partial charge in [0.05, 0.1) is 32.0 Å². The van der Waals surface area contributed by atoms with E-state index in [9.17, 15) is 24.2 Å². The van der Waals surface area contributed by atoms with E-state index in [2.05, 4.69) is 73.9 Å². The largest absolute Gasteiger partial charge is 0.472 e. The van der Waals surface area contributed by atoms with Gasteiger partial charge in [-0.05, 0) is 57.3 Å². The fraction of sp³-hybridized carbons (Fsp3) is 0.727. The van der Waals surface area contributed by atoms with E-state index in [1.807, 2.05) is 12.2 Å². The number of esters is 2. The van der Waals surface area contributed by atoms with Crippen LogP contribution in [0.2, 0.25) is 0 Å². The van der Waals surface area contributed by atoms with Crippen molar-refractivity contribution >= 4 is 19.8 Å². The smallest absolute Gasteiger partial charge is 0.462 e. The number of phosphoric ester groups is 1. The van der Waals surface area contributed by atoms with E-state index in [1.54, 1.807) is 0 Å². The molecule has 0 aromatic carbocycles. The molecule has 1 aliphatic rings. The lowest BCUT2D eigenvalue weighted by molar-refractivity contribution is -0.161. The molecule has 1 saturated heterocycles. The molecule has 0 spiro atoms. The predicted molar refractivity (Wildman–Crippen MR) is 223 cm³/mol. The molecule has 11 nitrogen and oxygen atoms in total. The summed E-state index contributed by atoms with van der Waals surface area (Å²) in [5.41, 5.74) is 0. The number of hydrogen-bond donors (Lipinski definition) is 3. The van der Waals surface area contributed by atoms with Crippen molar-refractivity contribution in [1.82, 2.24) is 0 Å². The Hall–Kier alpha value is -2.37. The summed E-state index contributed by atoms with van der Waals surface area (Å²) in [6, 6.07) is 0. The molecule has 0 amide bonds. The Morgan fingerprint density at radius 2 is 1.20 bits per heavy atom. The van der Waals surface area contributed by atoms with E-state index >= 15 is 0 Å². The number of phosphoric acid groups is 1. The molecule has 0 aromatic heterocycles. The molecule has 1 rings (SSSR count). The molecule has 0 radical (unpaired) electrons. The summed E-state index contributed by atoms with van der Waals surface area (Å²) in [4.78, 5) is 34.9. The first-order chi connectivity index (χ1) is 27.1. The molecule has 1 fully saturated rings. The molecule has 1 aliphatic heterocycles. The Bertz CT molecular complexity index is 1200. The molecule has 3 unspecified atom stereocenters. The molecule has 0 saturated carbocycles. The van der Waals surface area contributed by atoms with Crippen LogP contribution in [0.5, 0.6) is 0 Å². The molecule has 1 heterocycles. The molecule has 322 valence electrons. The monoisotopic (exact) mass is 811 g/mol. The van der Waals surface area contributed by atoms with Crippen LogP contribution in [0, 0.1) is 5.92 Å². The van der Waals surface area contributed by atoms with E-state index in [0.29, 0.717) is 25.0 Å². The Kier molecular flexibility index (Phi) is 32.0. The molecule has 5 atom stereocenters. The van der Waals surface area contributed by atoms with Crippen molar-refractivity contribution < 1.29 is 52.5 Å². The van der Waals surface area contributed by atoms with Crippen LogP contribution in [0.15, 0.2) is 60.8 Å². The van der Waals surface area contributed by atoms with Crippen molar-refractivity contribution in [3.63, 3.8) is 0 Å². The second-order valence-corrected chi connectivity index (χ2v) is 16.3. The van der Waals surface area contributed by atoms with Gasteiger partial charge >= 0.3 is 19.8 Å². The Morgan fingerprint density at radius 3 is 1.77 bits per heavy atom. The van der Waals surface area contributed by atoms with Crippen molar-refractivity contribution in [2.24, 2.45) is 5.92 Å². The third kappa shape index (κ3) is 32.7. The number of carbonyl (C=O) groups excluding carboxylic acids is 2. The van der Waals surface area contributed by atoms with Crippen LogP contribution >= 0.6 is 7.82 Å². The maximum atomic E-state index is 12.6. The third-order valence-corrected chi connectivity index (χ3v) is 9.98. The minimum atomic E-state index is -4.64. The van der Waals surface area contributed by atoms with Gasteiger partial charge in [0.25, 0.3) is 0 Å². The molecule has 3 N–H and O–H groups in total. The van der Waals surface area contributed by atoms with Crippen LogP contribution in [0.4, 0.5) is 0 Å². The summed E-state index contributed by atoms with van der Waals surface area (Å²) in [5.74, 6) is -0.248. The molecule has 56 heavy (non-hydrogen) atoms. The number of rotatable bonds is 37. The van der Waals surface area contributed by atoms with Gasteiger partial charge in [0.1, 0.15) is 12.7 Å². The van der Waals surface area contributed by atoms with Crippen molar-refractivity contribution in [3.8, 4) is 0 Å². The van der Waals surface area contributed by atoms with Crippen molar-refractivity contribution in [2.45, 2.75) is 174 Å². The van der Waals surface area contributed by atoms with Gasteiger partial charge in [-0.2, -0.15) is 0 Å². The average Bonchev–Trinajstić information content (AvgIpc) is 3.93. The van der Waals surface area contributed by atoms with Crippen LogP contribution in [0.3, 0.4) is 0 Å². The van der Waals surface area contributed by atoms with E-state index in [4.69, 9.17) is 23.8 Å².